The van der Waals surface area contributed by atoms with Crippen molar-refractivity contribution in [3.8, 4) is 0 Å². The van der Waals surface area contributed by atoms with Crippen LogP contribution in [-0.4, -0.2) is 48.1 Å². The van der Waals surface area contributed by atoms with Crippen molar-refractivity contribution >= 4 is 0 Å². The van der Waals surface area contributed by atoms with Gasteiger partial charge in [-0.25, -0.2) is 0 Å². The summed E-state index contributed by atoms with van der Waals surface area (Å²) in [4.78, 5) is 5.64. The second kappa shape index (κ2) is 6.79. The molecule has 2 saturated heterocycles. The van der Waals surface area contributed by atoms with Crippen molar-refractivity contribution in [3.63, 3.8) is 0 Å². The summed E-state index contributed by atoms with van der Waals surface area (Å²) in [6.45, 7) is 10.3. The van der Waals surface area contributed by atoms with Gasteiger partial charge in [-0.15, -0.1) is 0 Å². The van der Waals surface area contributed by atoms with Gasteiger partial charge in [0.05, 0.1) is 0 Å². The number of hydrogen-bond acceptors (Lipinski definition) is 2. The van der Waals surface area contributed by atoms with E-state index in [0.717, 1.165) is 23.9 Å². The molecule has 1 saturated carbocycles. The first-order chi connectivity index (χ1) is 9.72. The maximum Gasteiger partial charge on any atom is 0.0120 e. The van der Waals surface area contributed by atoms with Crippen LogP contribution >= 0.6 is 0 Å². The fourth-order valence-corrected chi connectivity index (χ4v) is 4.74. The lowest BCUT2D eigenvalue weighted by Gasteiger charge is -2.44. The van der Waals surface area contributed by atoms with Crippen LogP contribution in [0.1, 0.15) is 65.2 Å². The average molecular weight is 278 g/mol. The largest absolute Gasteiger partial charge is 0.300 e. The fraction of sp³-hybridized carbons (Fsp3) is 1.00. The van der Waals surface area contributed by atoms with Crippen LogP contribution in [0.5, 0.6) is 0 Å². The Morgan fingerprint density at radius 1 is 0.600 bits per heavy atom. The highest BCUT2D eigenvalue weighted by Gasteiger charge is 2.31. The zero-order valence-electron chi connectivity index (χ0n) is 13.7. The first kappa shape index (κ1) is 14.8. The van der Waals surface area contributed by atoms with E-state index >= 15 is 0 Å². The summed E-state index contributed by atoms with van der Waals surface area (Å²) >= 11 is 0. The van der Waals surface area contributed by atoms with Crippen LogP contribution in [-0.2, 0) is 0 Å². The van der Waals surface area contributed by atoms with Gasteiger partial charge in [-0.1, -0.05) is 26.7 Å². The smallest absolute Gasteiger partial charge is 0.0120 e. The van der Waals surface area contributed by atoms with Gasteiger partial charge in [-0.3, -0.25) is 0 Å². The minimum Gasteiger partial charge on any atom is -0.300 e. The molecule has 3 aliphatic rings. The van der Waals surface area contributed by atoms with Crippen LogP contribution in [0.25, 0.3) is 0 Å². The number of piperidine rings is 2. The standard InChI is InChI=1S/C18H34N2/c1-15-6-10-19(11-7-15)17-8-12-20(13-9-17)18-5-3-4-16(2)14-18/h15-18H,3-14H2,1-2H3/t16-,18+/m0/s1. The monoisotopic (exact) mass is 278 g/mol. The van der Waals surface area contributed by atoms with Crippen LogP contribution in [0, 0.1) is 11.8 Å². The molecule has 0 spiro atoms. The van der Waals surface area contributed by atoms with Gasteiger partial charge in [-0.2, -0.15) is 0 Å². The maximum atomic E-state index is 2.83. The molecule has 0 unspecified atom stereocenters. The highest BCUT2D eigenvalue weighted by molar-refractivity contribution is 4.87. The first-order valence-electron chi connectivity index (χ1n) is 9.20. The fourth-order valence-electron chi connectivity index (χ4n) is 4.74. The van der Waals surface area contributed by atoms with E-state index in [4.69, 9.17) is 0 Å². The maximum absolute atomic E-state index is 2.83. The molecule has 116 valence electrons. The van der Waals surface area contributed by atoms with Gasteiger partial charge in [0.25, 0.3) is 0 Å². The van der Waals surface area contributed by atoms with Crippen LogP contribution < -0.4 is 0 Å². The summed E-state index contributed by atoms with van der Waals surface area (Å²) in [5.41, 5.74) is 0. The van der Waals surface area contributed by atoms with Crippen LogP contribution in [0.2, 0.25) is 0 Å². The highest BCUT2D eigenvalue weighted by atomic mass is 15.2. The Morgan fingerprint density at radius 2 is 1.20 bits per heavy atom. The second-order valence-corrected chi connectivity index (χ2v) is 7.91. The van der Waals surface area contributed by atoms with Crippen molar-refractivity contribution < 1.29 is 0 Å². The Morgan fingerprint density at radius 3 is 1.85 bits per heavy atom. The lowest BCUT2D eigenvalue weighted by molar-refractivity contribution is 0.0487. The molecule has 2 aliphatic heterocycles. The third-order valence-corrected chi connectivity index (χ3v) is 6.26. The molecule has 0 aromatic heterocycles. The van der Waals surface area contributed by atoms with Crippen molar-refractivity contribution in [3.05, 3.63) is 0 Å². The summed E-state index contributed by atoms with van der Waals surface area (Å²) in [6, 6.07) is 1.82. The van der Waals surface area contributed by atoms with E-state index in [-0.39, 0.29) is 0 Å². The molecule has 0 N–H and O–H groups in total. The summed E-state index contributed by atoms with van der Waals surface area (Å²) in [6.07, 6.45) is 11.6. The van der Waals surface area contributed by atoms with Gasteiger partial charge in [0.15, 0.2) is 0 Å². The first-order valence-corrected chi connectivity index (χ1v) is 9.20. The van der Waals surface area contributed by atoms with E-state index in [1.807, 2.05) is 0 Å². The number of hydrogen-bond donors (Lipinski definition) is 0. The molecule has 2 atom stereocenters. The van der Waals surface area contributed by atoms with Gasteiger partial charge in [0.2, 0.25) is 0 Å². The molecule has 20 heavy (non-hydrogen) atoms. The zero-order valence-corrected chi connectivity index (χ0v) is 13.7. The summed E-state index contributed by atoms with van der Waals surface area (Å²) in [5.74, 6) is 1.94. The second-order valence-electron chi connectivity index (χ2n) is 7.91. The molecular weight excluding hydrogens is 244 g/mol. The number of nitrogens with zero attached hydrogens (tertiary/aromatic N) is 2. The minimum absolute atomic E-state index is 0.903. The predicted octanol–water partition coefficient (Wildman–Crippen LogP) is 3.76. The van der Waals surface area contributed by atoms with E-state index in [2.05, 4.69) is 23.6 Å². The van der Waals surface area contributed by atoms with E-state index in [0.29, 0.717) is 0 Å². The van der Waals surface area contributed by atoms with E-state index in [1.54, 1.807) is 0 Å². The Kier molecular flexibility index (Phi) is 5.04. The zero-order chi connectivity index (χ0) is 13.9. The lowest BCUT2D eigenvalue weighted by atomic mass is 9.85. The molecule has 0 aromatic rings. The minimum atomic E-state index is 0.903. The third kappa shape index (κ3) is 3.57. The Bertz CT molecular complexity index is 288. The van der Waals surface area contributed by atoms with Gasteiger partial charge < -0.3 is 9.80 Å². The topological polar surface area (TPSA) is 6.48 Å². The normalized spacial score (nSPS) is 36.3. The number of likely N-dealkylation sites (tertiary alicyclic amines) is 2. The predicted molar refractivity (Wildman–Crippen MR) is 86.0 cm³/mol. The van der Waals surface area contributed by atoms with Crippen LogP contribution in [0.3, 0.4) is 0 Å². The SMILES string of the molecule is CC1CCN(C2CCN([C@@H]3CCC[C@H](C)C3)CC2)CC1. The van der Waals surface area contributed by atoms with Gasteiger partial charge >= 0.3 is 0 Å². The molecule has 0 bridgehead atoms. The summed E-state index contributed by atoms with van der Waals surface area (Å²) < 4.78 is 0. The Hall–Kier alpha value is -0.0800. The van der Waals surface area contributed by atoms with E-state index in [1.165, 1.54) is 77.5 Å². The van der Waals surface area contributed by atoms with Crippen molar-refractivity contribution in [1.29, 1.82) is 0 Å². The molecule has 0 radical (unpaired) electrons. The molecular formula is C18H34N2. The third-order valence-electron chi connectivity index (χ3n) is 6.26. The van der Waals surface area contributed by atoms with Crippen LogP contribution in [0.15, 0.2) is 0 Å². The molecule has 1 aliphatic carbocycles. The average Bonchev–Trinajstić information content (AvgIpc) is 2.48. The summed E-state index contributed by atoms with van der Waals surface area (Å²) in [5, 5.41) is 0. The van der Waals surface area contributed by atoms with Gasteiger partial charge in [-0.05, 0) is 76.5 Å². The Labute approximate surface area is 125 Å². The molecule has 3 fully saturated rings. The molecule has 2 nitrogen and oxygen atoms in total. The Balaban J connectivity index is 1.44. The van der Waals surface area contributed by atoms with Gasteiger partial charge in [0, 0.05) is 12.1 Å². The van der Waals surface area contributed by atoms with E-state index < -0.39 is 0 Å². The molecule has 0 aromatic carbocycles. The van der Waals surface area contributed by atoms with Gasteiger partial charge in [0.1, 0.15) is 0 Å². The number of rotatable bonds is 2. The lowest BCUT2D eigenvalue weighted by Crippen LogP contribution is -2.50. The molecule has 0 amide bonds. The highest BCUT2D eigenvalue weighted by Crippen LogP contribution is 2.30. The summed E-state index contributed by atoms with van der Waals surface area (Å²) in [7, 11) is 0. The quantitative estimate of drug-likeness (QED) is 0.759. The van der Waals surface area contributed by atoms with E-state index in [9.17, 15) is 0 Å². The molecule has 2 heteroatoms. The molecule has 3 rings (SSSR count). The van der Waals surface area contributed by atoms with Crippen molar-refractivity contribution in [2.24, 2.45) is 11.8 Å². The van der Waals surface area contributed by atoms with Crippen molar-refractivity contribution in [2.75, 3.05) is 26.2 Å². The van der Waals surface area contributed by atoms with Crippen molar-refractivity contribution in [1.82, 2.24) is 9.80 Å². The van der Waals surface area contributed by atoms with Crippen LogP contribution in [0.4, 0.5) is 0 Å². The van der Waals surface area contributed by atoms with Crippen molar-refractivity contribution in [2.45, 2.75) is 77.3 Å². The molecule has 2 heterocycles.